The Morgan fingerprint density at radius 2 is 1.88 bits per heavy atom. The minimum absolute atomic E-state index is 0.205. The summed E-state index contributed by atoms with van der Waals surface area (Å²) >= 11 is 4.80. The van der Waals surface area contributed by atoms with Crippen molar-refractivity contribution in [2.45, 2.75) is 16.3 Å². The van der Waals surface area contributed by atoms with Crippen LogP contribution < -0.4 is 5.73 Å². The average molecular weight is 312 g/mol. The quantitative estimate of drug-likeness (QED) is 0.919. The Kier molecular flexibility index (Phi) is 4.20. The molecule has 0 aliphatic heterocycles. The summed E-state index contributed by atoms with van der Waals surface area (Å²) in [5, 5.41) is 0. The predicted octanol–water partition coefficient (Wildman–Crippen LogP) is 4.20. The molecule has 0 atom stereocenters. The molecule has 2 aromatic rings. The van der Waals surface area contributed by atoms with E-state index in [1.807, 2.05) is 24.3 Å². The summed E-state index contributed by atoms with van der Waals surface area (Å²) in [5.74, 6) is -0.205. The first-order valence-corrected chi connectivity index (χ1v) is 6.72. The van der Waals surface area contributed by atoms with Crippen molar-refractivity contribution in [3.8, 4) is 0 Å². The number of nitrogens with two attached hydrogens (primary N) is 1. The fraction of sp³-hybridized carbons (Fsp3) is 0.0769. The minimum Gasteiger partial charge on any atom is -0.326 e. The first-order chi connectivity index (χ1) is 8.20. The second-order valence-electron chi connectivity index (χ2n) is 3.49. The van der Waals surface area contributed by atoms with Crippen molar-refractivity contribution in [2.75, 3.05) is 0 Å². The Morgan fingerprint density at radius 1 is 1.12 bits per heavy atom. The molecule has 0 saturated heterocycles. The number of hydrogen-bond acceptors (Lipinski definition) is 2. The fourth-order valence-corrected chi connectivity index (χ4v) is 2.82. The summed E-state index contributed by atoms with van der Waals surface area (Å²) in [5.41, 5.74) is 6.69. The molecule has 0 bridgehead atoms. The van der Waals surface area contributed by atoms with E-state index in [9.17, 15) is 4.39 Å². The molecule has 0 fully saturated rings. The molecule has 17 heavy (non-hydrogen) atoms. The van der Waals surface area contributed by atoms with Crippen LogP contribution in [0.4, 0.5) is 4.39 Å². The van der Waals surface area contributed by atoms with Crippen LogP contribution in [-0.2, 0) is 6.54 Å². The van der Waals surface area contributed by atoms with Gasteiger partial charge in [-0.3, -0.25) is 0 Å². The molecule has 2 N–H and O–H groups in total. The molecule has 88 valence electrons. The van der Waals surface area contributed by atoms with Crippen LogP contribution in [0.5, 0.6) is 0 Å². The zero-order valence-corrected chi connectivity index (χ0v) is 11.4. The zero-order chi connectivity index (χ0) is 12.3. The highest BCUT2D eigenvalue weighted by Crippen LogP contribution is 2.33. The Morgan fingerprint density at radius 3 is 2.59 bits per heavy atom. The molecule has 0 spiro atoms. The molecule has 0 aliphatic carbocycles. The molecule has 4 heteroatoms. The molecular weight excluding hydrogens is 301 g/mol. The van der Waals surface area contributed by atoms with Gasteiger partial charge in [0.05, 0.1) is 0 Å². The van der Waals surface area contributed by atoms with Crippen LogP contribution in [0.3, 0.4) is 0 Å². The number of rotatable bonds is 3. The van der Waals surface area contributed by atoms with E-state index in [4.69, 9.17) is 5.73 Å². The van der Waals surface area contributed by atoms with Gasteiger partial charge < -0.3 is 5.73 Å². The predicted molar refractivity (Wildman–Crippen MR) is 72.6 cm³/mol. The van der Waals surface area contributed by atoms with E-state index in [1.54, 1.807) is 12.1 Å². The molecule has 0 aromatic heterocycles. The first kappa shape index (κ1) is 12.6. The molecule has 0 heterocycles. The normalized spacial score (nSPS) is 10.5. The smallest absolute Gasteiger partial charge is 0.137 e. The average Bonchev–Trinajstić information content (AvgIpc) is 2.34. The van der Waals surface area contributed by atoms with Crippen molar-refractivity contribution >= 4 is 27.7 Å². The van der Waals surface area contributed by atoms with Crippen molar-refractivity contribution in [2.24, 2.45) is 5.73 Å². The minimum atomic E-state index is -0.205. The lowest BCUT2D eigenvalue weighted by molar-refractivity contribution is 0.602. The Bertz CT molecular complexity index is 531. The maximum Gasteiger partial charge on any atom is 0.137 e. The van der Waals surface area contributed by atoms with Crippen molar-refractivity contribution in [1.29, 1.82) is 0 Å². The van der Waals surface area contributed by atoms with Gasteiger partial charge >= 0.3 is 0 Å². The lowest BCUT2D eigenvalue weighted by Crippen LogP contribution is -1.98. The lowest BCUT2D eigenvalue weighted by atomic mass is 10.2. The van der Waals surface area contributed by atoms with Gasteiger partial charge in [0.2, 0.25) is 0 Å². The van der Waals surface area contributed by atoms with Crippen LogP contribution >= 0.6 is 27.7 Å². The molecule has 0 aliphatic rings. The molecule has 2 aromatic carbocycles. The van der Waals surface area contributed by atoms with Gasteiger partial charge in [0.25, 0.3) is 0 Å². The maximum atomic E-state index is 13.5. The van der Waals surface area contributed by atoms with Crippen LogP contribution in [0.1, 0.15) is 5.56 Å². The van der Waals surface area contributed by atoms with Gasteiger partial charge in [0.1, 0.15) is 5.82 Å². The van der Waals surface area contributed by atoms with Crippen LogP contribution in [-0.4, -0.2) is 0 Å². The van der Waals surface area contributed by atoms with Gasteiger partial charge in [0.15, 0.2) is 0 Å². The largest absolute Gasteiger partial charge is 0.326 e. The Balaban J connectivity index is 2.33. The summed E-state index contributed by atoms with van der Waals surface area (Å²) in [7, 11) is 0. The van der Waals surface area contributed by atoms with Crippen LogP contribution in [0.15, 0.2) is 56.7 Å². The zero-order valence-electron chi connectivity index (χ0n) is 8.99. The van der Waals surface area contributed by atoms with Crippen molar-refractivity contribution in [3.05, 3.63) is 58.3 Å². The highest BCUT2D eigenvalue weighted by atomic mass is 79.9. The summed E-state index contributed by atoms with van der Waals surface area (Å²) in [6.45, 7) is 0.441. The summed E-state index contributed by atoms with van der Waals surface area (Å²) in [6, 6.07) is 12.6. The summed E-state index contributed by atoms with van der Waals surface area (Å²) in [4.78, 5) is 1.60. The Hall–Kier alpha value is -0.840. The standard InChI is InChI=1S/C13H11BrFNS/c14-10-5-6-12(9(7-10)8-16)17-13-4-2-1-3-11(13)15/h1-7H,8,16H2. The molecular formula is C13H11BrFNS. The summed E-state index contributed by atoms with van der Waals surface area (Å²) < 4.78 is 14.5. The van der Waals surface area contributed by atoms with Gasteiger partial charge in [-0.25, -0.2) is 4.39 Å². The monoisotopic (exact) mass is 311 g/mol. The molecule has 0 radical (unpaired) electrons. The third kappa shape index (κ3) is 3.09. The lowest BCUT2D eigenvalue weighted by Gasteiger charge is -2.08. The van der Waals surface area contributed by atoms with E-state index in [1.165, 1.54) is 17.8 Å². The first-order valence-electron chi connectivity index (χ1n) is 5.11. The van der Waals surface area contributed by atoms with Crippen molar-refractivity contribution in [3.63, 3.8) is 0 Å². The SMILES string of the molecule is NCc1cc(Br)ccc1Sc1ccccc1F. The van der Waals surface area contributed by atoms with E-state index in [2.05, 4.69) is 15.9 Å². The third-order valence-electron chi connectivity index (χ3n) is 2.30. The van der Waals surface area contributed by atoms with E-state index >= 15 is 0 Å². The van der Waals surface area contributed by atoms with E-state index in [-0.39, 0.29) is 5.82 Å². The topological polar surface area (TPSA) is 26.0 Å². The van der Waals surface area contributed by atoms with Gasteiger partial charge in [-0.2, -0.15) is 0 Å². The van der Waals surface area contributed by atoms with Gasteiger partial charge in [-0.05, 0) is 35.9 Å². The number of halogens is 2. The van der Waals surface area contributed by atoms with Crippen LogP contribution in [0, 0.1) is 5.82 Å². The van der Waals surface area contributed by atoms with E-state index < -0.39 is 0 Å². The van der Waals surface area contributed by atoms with Gasteiger partial charge in [0, 0.05) is 20.8 Å². The van der Waals surface area contributed by atoms with E-state index in [0.29, 0.717) is 11.4 Å². The fourth-order valence-electron chi connectivity index (χ4n) is 1.45. The highest BCUT2D eigenvalue weighted by Gasteiger charge is 2.07. The number of benzene rings is 2. The maximum absolute atomic E-state index is 13.5. The van der Waals surface area contributed by atoms with Crippen LogP contribution in [0.25, 0.3) is 0 Å². The molecule has 2 rings (SSSR count). The van der Waals surface area contributed by atoms with Crippen LogP contribution in [0.2, 0.25) is 0 Å². The Labute approximate surface area is 112 Å². The molecule has 0 unspecified atom stereocenters. The second kappa shape index (κ2) is 5.67. The van der Waals surface area contributed by atoms with E-state index in [0.717, 1.165) is 14.9 Å². The van der Waals surface area contributed by atoms with Gasteiger partial charge in [-0.1, -0.05) is 39.8 Å². The molecule has 1 nitrogen and oxygen atoms in total. The van der Waals surface area contributed by atoms with Gasteiger partial charge in [-0.15, -0.1) is 0 Å². The molecule has 0 amide bonds. The third-order valence-corrected chi connectivity index (χ3v) is 3.96. The number of hydrogen-bond donors (Lipinski definition) is 1. The summed E-state index contributed by atoms with van der Waals surface area (Å²) in [6.07, 6.45) is 0. The molecule has 0 saturated carbocycles. The second-order valence-corrected chi connectivity index (χ2v) is 5.49. The van der Waals surface area contributed by atoms with Crippen molar-refractivity contribution in [1.82, 2.24) is 0 Å². The van der Waals surface area contributed by atoms with Crippen molar-refractivity contribution < 1.29 is 4.39 Å². The highest BCUT2D eigenvalue weighted by molar-refractivity contribution is 9.10.